The number of nitrogens with two attached hydrogens (primary N) is 1. The number of rotatable bonds is 4. The Labute approximate surface area is 106 Å². The van der Waals surface area contributed by atoms with Crippen molar-refractivity contribution in [2.75, 3.05) is 5.73 Å². The number of nitrogen functional groups attached to an aromatic ring is 1. The van der Waals surface area contributed by atoms with Gasteiger partial charge in [-0.3, -0.25) is 9.59 Å². The minimum absolute atomic E-state index is 0.0287. The Morgan fingerprint density at radius 2 is 2.28 bits per heavy atom. The van der Waals surface area contributed by atoms with Gasteiger partial charge in [0, 0.05) is 24.0 Å². The lowest BCUT2D eigenvalue weighted by atomic mass is 9.80. The maximum atomic E-state index is 11.8. The van der Waals surface area contributed by atoms with Crippen molar-refractivity contribution in [1.82, 2.24) is 9.88 Å². The minimum atomic E-state index is -0.212. The first kappa shape index (κ1) is 12.7. The molecule has 1 amide bonds. The highest BCUT2D eigenvalue weighted by atomic mass is 16.2. The fourth-order valence-corrected chi connectivity index (χ4v) is 2.19. The topological polar surface area (TPSA) is 77.1 Å². The third-order valence-electron chi connectivity index (χ3n) is 3.57. The number of aromatic nitrogens is 1. The predicted molar refractivity (Wildman–Crippen MR) is 70.1 cm³/mol. The molecular formula is C13H19N3O2. The van der Waals surface area contributed by atoms with Crippen LogP contribution in [0.4, 0.5) is 5.69 Å². The lowest BCUT2D eigenvalue weighted by Gasteiger charge is -2.31. The number of hydrogen-bond donors (Lipinski definition) is 2. The summed E-state index contributed by atoms with van der Waals surface area (Å²) < 4.78 is 1.33. The van der Waals surface area contributed by atoms with Crippen LogP contribution in [0.5, 0.6) is 0 Å². The van der Waals surface area contributed by atoms with Crippen LogP contribution in [0.3, 0.4) is 0 Å². The number of amides is 1. The highest BCUT2D eigenvalue weighted by Crippen LogP contribution is 2.29. The zero-order valence-electron chi connectivity index (χ0n) is 10.6. The standard InChI is InChI=1S/C13H19N3O2/c1-9(10-3-2-4-10)15-12(17)8-16-7-11(14)5-6-13(16)18/h5-7,9-10H,2-4,8,14H2,1H3,(H,15,17). The molecule has 0 aromatic carbocycles. The van der Waals surface area contributed by atoms with Crippen LogP contribution in [0.15, 0.2) is 23.1 Å². The van der Waals surface area contributed by atoms with E-state index in [2.05, 4.69) is 5.32 Å². The highest BCUT2D eigenvalue weighted by Gasteiger charge is 2.24. The van der Waals surface area contributed by atoms with Crippen LogP contribution in [0.2, 0.25) is 0 Å². The van der Waals surface area contributed by atoms with Crippen LogP contribution in [-0.4, -0.2) is 16.5 Å². The van der Waals surface area contributed by atoms with Crippen molar-refractivity contribution >= 4 is 11.6 Å². The average molecular weight is 249 g/mol. The molecule has 5 nitrogen and oxygen atoms in total. The Morgan fingerprint density at radius 3 is 2.89 bits per heavy atom. The molecule has 1 aromatic rings. The molecule has 3 N–H and O–H groups in total. The van der Waals surface area contributed by atoms with Crippen LogP contribution in [0, 0.1) is 5.92 Å². The molecule has 1 unspecified atom stereocenters. The van der Waals surface area contributed by atoms with E-state index in [1.54, 1.807) is 0 Å². The number of anilines is 1. The molecule has 18 heavy (non-hydrogen) atoms. The van der Waals surface area contributed by atoms with E-state index in [1.165, 1.54) is 42.2 Å². The maximum Gasteiger partial charge on any atom is 0.251 e. The van der Waals surface area contributed by atoms with Gasteiger partial charge in [0.1, 0.15) is 6.54 Å². The fourth-order valence-electron chi connectivity index (χ4n) is 2.19. The van der Waals surface area contributed by atoms with E-state index < -0.39 is 0 Å². The Balaban J connectivity index is 1.94. The number of carbonyl (C=O) groups excluding carboxylic acids is 1. The monoisotopic (exact) mass is 249 g/mol. The molecule has 98 valence electrons. The molecule has 1 aliphatic carbocycles. The Bertz CT molecular complexity index is 491. The maximum absolute atomic E-state index is 11.8. The second-order valence-corrected chi connectivity index (χ2v) is 4.98. The zero-order chi connectivity index (χ0) is 13.1. The molecule has 0 spiro atoms. The van der Waals surface area contributed by atoms with Crippen LogP contribution in [-0.2, 0) is 11.3 Å². The molecule has 2 rings (SSSR count). The SMILES string of the molecule is CC(NC(=O)Cn1cc(N)ccc1=O)C1CCC1. The summed E-state index contributed by atoms with van der Waals surface area (Å²) in [7, 11) is 0. The van der Waals surface area contributed by atoms with Gasteiger partial charge in [0.15, 0.2) is 0 Å². The van der Waals surface area contributed by atoms with E-state index in [9.17, 15) is 9.59 Å². The van der Waals surface area contributed by atoms with Crippen molar-refractivity contribution in [1.29, 1.82) is 0 Å². The van der Waals surface area contributed by atoms with Gasteiger partial charge in [-0.2, -0.15) is 0 Å². The summed E-state index contributed by atoms with van der Waals surface area (Å²) in [5.74, 6) is 0.452. The van der Waals surface area contributed by atoms with Gasteiger partial charge in [0.25, 0.3) is 5.56 Å². The summed E-state index contributed by atoms with van der Waals surface area (Å²) in [6.45, 7) is 2.05. The Hall–Kier alpha value is -1.78. The molecule has 0 bridgehead atoms. The predicted octanol–water partition coefficient (Wildman–Crippen LogP) is 0.735. The third kappa shape index (κ3) is 2.91. The number of carbonyl (C=O) groups is 1. The van der Waals surface area contributed by atoms with Gasteiger partial charge in [-0.15, -0.1) is 0 Å². The molecule has 1 aromatic heterocycles. The molecule has 1 saturated carbocycles. The van der Waals surface area contributed by atoms with E-state index in [1.807, 2.05) is 6.92 Å². The van der Waals surface area contributed by atoms with Gasteiger partial charge in [-0.25, -0.2) is 0 Å². The van der Waals surface area contributed by atoms with Crippen LogP contribution < -0.4 is 16.6 Å². The molecule has 1 heterocycles. The van der Waals surface area contributed by atoms with E-state index in [0.29, 0.717) is 11.6 Å². The average Bonchev–Trinajstić information content (AvgIpc) is 2.20. The summed E-state index contributed by atoms with van der Waals surface area (Å²) in [5.41, 5.74) is 5.86. The molecule has 1 aliphatic rings. The summed E-state index contributed by atoms with van der Waals surface area (Å²) in [6, 6.07) is 3.09. The van der Waals surface area contributed by atoms with Gasteiger partial charge in [0.05, 0.1) is 0 Å². The largest absolute Gasteiger partial charge is 0.398 e. The normalized spacial score (nSPS) is 16.9. The number of nitrogens with one attached hydrogen (secondary N) is 1. The first-order valence-electron chi connectivity index (χ1n) is 6.31. The molecule has 5 heteroatoms. The van der Waals surface area contributed by atoms with E-state index in [-0.39, 0.29) is 24.1 Å². The first-order chi connectivity index (χ1) is 8.56. The summed E-state index contributed by atoms with van der Waals surface area (Å²) in [4.78, 5) is 23.3. The van der Waals surface area contributed by atoms with Crippen LogP contribution in [0.25, 0.3) is 0 Å². The van der Waals surface area contributed by atoms with Gasteiger partial charge in [-0.1, -0.05) is 6.42 Å². The van der Waals surface area contributed by atoms with Gasteiger partial charge < -0.3 is 15.6 Å². The number of pyridine rings is 1. The number of nitrogens with zero attached hydrogens (tertiary/aromatic N) is 1. The smallest absolute Gasteiger partial charge is 0.251 e. The lowest BCUT2D eigenvalue weighted by Crippen LogP contribution is -2.43. The minimum Gasteiger partial charge on any atom is -0.398 e. The van der Waals surface area contributed by atoms with Crippen molar-refractivity contribution in [3.63, 3.8) is 0 Å². The zero-order valence-corrected chi connectivity index (χ0v) is 10.6. The van der Waals surface area contributed by atoms with E-state index in [0.717, 1.165) is 0 Å². The summed E-state index contributed by atoms with van der Waals surface area (Å²) in [6.07, 6.45) is 5.11. The van der Waals surface area contributed by atoms with E-state index >= 15 is 0 Å². The van der Waals surface area contributed by atoms with E-state index in [4.69, 9.17) is 5.73 Å². The Kier molecular flexibility index (Phi) is 3.69. The van der Waals surface area contributed by atoms with Crippen molar-refractivity contribution < 1.29 is 4.79 Å². The molecule has 1 atom stereocenters. The van der Waals surface area contributed by atoms with Crippen molar-refractivity contribution in [3.8, 4) is 0 Å². The van der Waals surface area contributed by atoms with Gasteiger partial charge >= 0.3 is 0 Å². The Morgan fingerprint density at radius 1 is 1.56 bits per heavy atom. The van der Waals surface area contributed by atoms with Crippen LogP contribution in [0.1, 0.15) is 26.2 Å². The summed E-state index contributed by atoms with van der Waals surface area (Å²) in [5, 5.41) is 2.94. The second kappa shape index (κ2) is 5.25. The molecule has 0 saturated heterocycles. The lowest BCUT2D eigenvalue weighted by molar-refractivity contribution is -0.122. The summed E-state index contributed by atoms with van der Waals surface area (Å²) >= 11 is 0. The second-order valence-electron chi connectivity index (χ2n) is 4.98. The van der Waals surface area contributed by atoms with Crippen molar-refractivity contribution in [3.05, 3.63) is 28.7 Å². The quantitative estimate of drug-likeness (QED) is 0.826. The fraction of sp³-hybridized carbons (Fsp3) is 0.538. The van der Waals surface area contributed by atoms with Crippen molar-refractivity contribution in [2.24, 2.45) is 5.92 Å². The van der Waals surface area contributed by atoms with Gasteiger partial charge in [0.2, 0.25) is 5.91 Å². The van der Waals surface area contributed by atoms with Crippen molar-refractivity contribution in [2.45, 2.75) is 38.8 Å². The molecule has 0 aliphatic heterocycles. The van der Waals surface area contributed by atoms with Crippen LogP contribution >= 0.6 is 0 Å². The molecule has 0 radical (unpaired) electrons. The molecular weight excluding hydrogens is 230 g/mol. The molecule has 1 fully saturated rings. The number of hydrogen-bond acceptors (Lipinski definition) is 3. The third-order valence-corrected chi connectivity index (χ3v) is 3.57. The van der Waals surface area contributed by atoms with Gasteiger partial charge in [-0.05, 0) is 31.7 Å². The highest BCUT2D eigenvalue weighted by molar-refractivity contribution is 5.76. The first-order valence-corrected chi connectivity index (χ1v) is 6.31.